The number of carboxylic acids is 1. The van der Waals surface area contributed by atoms with E-state index in [0.29, 0.717) is 25.4 Å². The first-order chi connectivity index (χ1) is 8.04. The van der Waals surface area contributed by atoms with Gasteiger partial charge in [0.2, 0.25) is 5.91 Å². The van der Waals surface area contributed by atoms with E-state index in [0.717, 1.165) is 12.8 Å². The van der Waals surface area contributed by atoms with Crippen molar-refractivity contribution in [3.8, 4) is 0 Å². The van der Waals surface area contributed by atoms with Crippen molar-refractivity contribution >= 4 is 11.9 Å². The van der Waals surface area contributed by atoms with Gasteiger partial charge in [-0.15, -0.1) is 0 Å². The van der Waals surface area contributed by atoms with Crippen molar-refractivity contribution < 1.29 is 19.4 Å². The van der Waals surface area contributed by atoms with Crippen molar-refractivity contribution in [2.75, 3.05) is 13.7 Å². The topological polar surface area (TPSA) is 102 Å². The summed E-state index contributed by atoms with van der Waals surface area (Å²) in [7, 11) is 1.53. The number of methoxy groups -OCH3 is 1. The van der Waals surface area contributed by atoms with Crippen LogP contribution in [0.3, 0.4) is 0 Å². The second kappa shape index (κ2) is 6.56. The second-order valence-corrected chi connectivity index (χ2v) is 4.47. The van der Waals surface area contributed by atoms with Crippen LogP contribution in [-0.4, -0.2) is 42.8 Å². The van der Waals surface area contributed by atoms with Crippen molar-refractivity contribution in [3.05, 3.63) is 0 Å². The van der Waals surface area contributed by atoms with Crippen LogP contribution < -0.4 is 11.1 Å². The number of aliphatic carboxylic acids is 1. The summed E-state index contributed by atoms with van der Waals surface area (Å²) >= 11 is 0. The van der Waals surface area contributed by atoms with Crippen LogP contribution >= 0.6 is 0 Å². The SMILES string of the molecule is COCCC(N)C(=O)N[C@@H](CC1CC1)C(=O)O. The summed E-state index contributed by atoms with van der Waals surface area (Å²) in [5.74, 6) is -0.981. The molecule has 2 atom stereocenters. The standard InChI is InChI=1S/C11H20N2O4/c1-17-5-4-8(12)10(14)13-9(11(15)16)6-7-2-3-7/h7-9H,2-6,12H2,1H3,(H,13,14)(H,15,16)/t8?,9-/m0/s1. The highest BCUT2D eigenvalue weighted by Gasteiger charge is 2.31. The molecule has 0 bridgehead atoms. The normalized spacial score (nSPS) is 18.5. The van der Waals surface area contributed by atoms with Gasteiger partial charge in [-0.3, -0.25) is 4.79 Å². The van der Waals surface area contributed by atoms with E-state index < -0.39 is 24.0 Å². The quantitative estimate of drug-likeness (QED) is 0.545. The Balaban J connectivity index is 2.36. The molecule has 6 nitrogen and oxygen atoms in total. The fourth-order valence-electron chi connectivity index (χ4n) is 1.56. The maximum absolute atomic E-state index is 11.6. The number of amides is 1. The summed E-state index contributed by atoms with van der Waals surface area (Å²) in [6, 6.07) is -1.53. The maximum atomic E-state index is 11.6. The molecular formula is C11H20N2O4. The number of carbonyl (C=O) groups excluding carboxylic acids is 1. The lowest BCUT2D eigenvalue weighted by Crippen LogP contribution is -2.48. The molecular weight excluding hydrogens is 224 g/mol. The van der Waals surface area contributed by atoms with Gasteiger partial charge in [-0.2, -0.15) is 0 Å². The molecule has 0 aromatic carbocycles. The third kappa shape index (κ3) is 5.14. The van der Waals surface area contributed by atoms with Crippen molar-refractivity contribution in [2.24, 2.45) is 11.7 Å². The third-order valence-electron chi connectivity index (χ3n) is 2.85. The molecule has 1 amide bonds. The number of rotatable bonds is 8. The molecule has 0 saturated heterocycles. The number of hydrogen-bond donors (Lipinski definition) is 3. The summed E-state index contributed by atoms with van der Waals surface area (Å²) < 4.78 is 4.81. The molecule has 4 N–H and O–H groups in total. The Labute approximate surface area is 101 Å². The van der Waals surface area contributed by atoms with Gasteiger partial charge in [0.1, 0.15) is 6.04 Å². The Bertz CT molecular complexity index is 279. The van der Waals surface area contributed by atoms with Crippen LogP contribution in [-0.2, 0) is 14.3 Å². The van der Waals surface area contributed by atoms with Crippen LogP contribution in [0.4, 0.5) is 0 Å². The summed E-state index contributed by atoms with van der Waals surface area (Å²) in [5.41, 5.74) is 5.61. The number of hydrogen-bond acceptors (Lipinski definition) is 4. The zero-order valence-corrected chi connectivity index (χ0v) is 10.0. The van der Waals surface area contributed by atoms with Crippen molar-refractivity contribution in [1.82, 2.24) is 5.32 Å². The lowest BCUT2D eigenvalue weighted by Gasteiger charge is -2.17. The van der Waals surface area contributed by atoms with Gasteiger partial charge in [0.15, 0.2) is 0 Å². The molecule has 1 unspecified atom stereocenters. The first-order valence-electron chi connectivity index (χ1n) is 5.82. The molecule has 1 saturated carbocycles. The minimum Gasteiger partial charge on any atom is -0.480 e. The first kappa shape index (κ1) is 13.9. The zero-order chi connectivity index (χ0) is 12.8. The molecule has 0 heterocycles. The molecule has 98 valence electrons. The number of nitrogens with one attached hydrogen (secondary N) is 1. The molecule has 0 aliphatic heterocycles. The predicted molar refractivity (Wildman–Crippen MR) is 61.4 cm³/mol. The lowest BCUT2D eigenvalue weighted by atomic mass is 10.1. The summed E-state index contributed by atoms with van der Waals surface area (Å²) in [6.45, 7) is 0.384. The van der Waals surface area contributed by atoms with Gasteiger partial charge >= 0.3 is 5.97 Å². The largest absolute Gasteiger partial charge is 0.480 e. The number of carbonyl (C=O) groups is 2. The first-order valence-corrected chi connectivity index (χ1v) is 5.82. The number of carboxylic acid groups (broad SMARTS) is 1. The van der Waals surface area contributed by atoms with E-state index in [2.05, 4.69) is 5.32 Å². The van der Waals surface area contributed by atoms with Crippen molar-refractivity contribution in [2.45, 2.75) is 37.8 Å². The Morgan fingerprint density at radius 3 is 2.65 bits per heavy atom. The predicted octanol–water partition coefficient (Wildman–Crippen LogP) is -0.280. The van der Waals surface area contributed by atoms with E-state index in [9.17, 15) is 9.59 Å². The van der Waals surface area contributed by atoms with E-state index >= 15 is 0 Å². The minimum absolute atomic E-state index is 0.384. The van der Waals surface area contributed by atoms with Gasteiger partial charge in [-0.05, 0) is 18.8 Å². The lowest BCUT2D eigenvalue weighted by molar-refractivity contribution is -0.142. The summed E-state index contributed by atoms with van der Waals surface area (Å²) in [5, 5.41) is 11.5. The minimum atomic E-state index is -0.996. The average Bonchev–Trinajstić information content (AvgIpc) is 3.08. The van der Waals surface area contributed by atoms with Gasteiger partial charge < -0.3 is 20.9 Å². The molecule has 6 heteroatoms. The molecule has 1 rings (SSSR count). The molecule has 0 aromatic heterocycles. The zero-order valence-electron chi connectivity index (χ0n) is 10.0. The molecule has 17 heavy (non-hydrogen) atoms. The molecule has 1 fully saturated rings. The van der Waals surface area contributed by atoms with Gasteiger partial charge in [-0.1, -0.05) is 12.8 Å². The van der Waals surface area contributed by atoms with Crippen LogP contribution in [0.5, 0.6) is 0 Å². The highest BCUT2D eigenvalue weighted by Crippen LogP contribution is 2.33. The van der Waals surface area contributed by atoms with E-state index in [1.807, 2.05) is 0 Å². The van der Waals surface area contributed by atoms with Gasteiger partial charge in [0.05, 0.1) is 6.04 Å². The van der Waals surface area contributed by atoms with Gasteiger partial charge in [-0.25, -0.2) is 4.79 Å². The van der Waals surface area contributed by atoms with E-state index in [-0.39, 0.29) is 0 Å². The maximum Gasteiger partial charge on any atom is 0.326 e. The van der Waals surface area contributed by atoms with Crippen LogP contribution in [0.2, 0.25) is 0 Å². The Kier molecular flexibility index (Phi) is 5.37. The smallest absolute Gasteiger partial charge is 0.326 e. The third-order valence-corrected chi connectivity index (χ3v) is 2.85. The summed E-state index contributed by atoms with van der Waals surface area (Å²) in [6.07, 6.45) is 2.99. The summed E-state index contributed by atoms with van der Waals surface area (Å²) in [4.78, 5) is 22.6. The van der Waals surface area contributed by atoms with Gasteiger partial charge in [0, 0.05) is 13.7 Å². The number of ether oxygens (including phenoxy) is 1. The highest BCUT2D eigenvalue weighted by molar-refractivity contribution is 5.86. The molecule has 1 aliphatic carbocycles. The Morgan fingerprint density at radius 1 is 1.53 bits per heavy atom. The van der Waals surface area contributed by atoms with Crippen LogP contribution in [0.25, 0.3) is 0 Å². The fourth-order valence-corrected chi connectivity index (χ4v) is 1.56. The average molecular weight is 244 g/mol. The van der Waals surface area contributed by atoms with Crippen molar-refractivity contribution in [1.29, 1.82) is 0 Å². The Morgan fingerprint density at radius 2 is 2.18 bits per heavy atom. The second-order valence-electron chi connectivity index (χ2n) is 4.47. The molecule has 0 aromatic rings. The molecule has 0 spiro atoms. The Hall–Kier alpha value is -1.14. The van der Waals surface area contributed by atoms with Crippen LogP contribution in [0.15, 0.2) is 0 Å². The fraction of sp³-hybridized carbons (Fsp3) is 0.818. The van der Waals surface area contributed by atoms with E-state index in [1.165, 1.54) is 7.11 Å². The van der Waals surface area contributed by atoms with Crippen molar-refractivity contribution in [3.63, 3.8) is 0 Å². The van der Waals surface area contributed by atoms with E-state index in [4.69, 9.17) is 15.6 Å². The highest BCUT2D eigenvalue weighted by atomic mass is 16.5. The molecule has 0 radical (unpaired) electrons. The van der Waals surface area contributed by atoms with Crippen LogP contribution in [0.1, 0.15) is 25.7 Å². The molecule has 1 aliphatic rings. The monoisotopic (exact) mass is 244 g/mol. The van der Waals surface area contributed by atoms with Gasteiger partial charge in [0.25, 0.3) is 0 Å². The van der Waals surface area contributed by atoms with E-state index in [1.54, 1.807) is 0 Å². The number of nitrogens with two attached hydrogens (primary N) is 1. The van der Waals surface area contributed by atoms with Crippen LogP contribution in [0, 0.1) is 5.92 Å².